The third-order valence-corrected chi connectivity index (χ3v) is 8.31. The highest BCUT2D eigenvalue weighted by molar-refractivity contribution is 7.12. The first kappa shape index (κ1) is 24.8. The van der Waals surface area contributed by atoms with E-state index in [0.29, 0.717) is 23.1 Å². The predicted molar refractivity (Wildman–Crippen MR) is 139 cm³/mol. The van der Waals surface area contributed by atoms with Gasteiger partial charge in [-0.25, -0.2) is 0 Å². The van der Waals surface area contributed by atoms with Crippen molar-refractivity contribution in [1.82, 2.24) is 9.80 Å². The van der Waals surface area contributed by atoms with Crippen molar-refractivity contribution < 1.29 is 14.3 Å². The van der Waals surface area contributed by atoms with E-state index in [0.717, 1.165) is 23.3 Å². The number of rotatable bonds is 6. The van der Waals surface area contributed by atoms with E-state index in [-0.39, 0.29) is 24.4 Å². The molecule has 0 radical (unpaired) electrons. The van der Waals surface area contributed by atoms with Crippen LogP contribution in [0.25, 0.3) is 0 Å². The zero-order valence-electron chi connectivity index (χ0n) is 19.8. The lowest BCUT2D eigenvalue weighted by Crippen LogP contribution is -2.53. The Labute approximate surface area is 213 Å². The van der Waals surface area contributed by atoms with E-state index in [1.807, 2.05) is 62.2 Å². The molecule has 0 saturated heterocycles. The van der Waals surface area contributed by atoms with Crippen molar-refractivity contribution in [2.45, 2.75) is 45.7 Å². The second-order valence-electron chi connectivity index (χ2n) is 9.41. The Hall–Kier alpha value is -2.35. The number of carbonyl (C=O) groups excluding carboxylic acids is 2. The molecule has 180 valence electrons. The molecule has 0 fully saturated rings. The maximum Gasteiger partial charge on any atom is 0.264 e. The topological polar surface area (TPSA) is 49.9 Å². The number of aryl methyl sites for hydroxylation is 1. The minimum Gasteiger partial charge on any atom is -0.491 e. The molecule has 3 heterocycles. The molecule has 0 saturated carbocycles. The second kappa shape index (κ2) is 10.1. The highest BCUT2D eigenvalue weighted by Crippen LogP contribution is 2.34. The molecule has 0 bridgehead atoms. The average Bonchev–Trinajstić information content (AvgIpc) is 3.48. The second-order valence-corrected chi connectivity index (χ2v) is 11.8. The minimum absolute atomic E-state index is 0.0241. The number of nitrogens with zero attached hydrogens (tertiary/aromatic N) is 2. The Morgan fingerprint density at radius 1 is 1.18 bits per heavy atom. The van der Waals surface area contributed by atoms with Gasteiger partial charge in [-0.2, -0.15) is 0 Å². The highest BCUT2D eigenvalue weighted by atomic mass is 35.5. The molecule has 34 heavy (non-hydrogen) atoms. The molecular weight excluding hydrogens is 488 g/mol. The lowest BCUT2D eigenvalue weighted by atomic mass is 9.99. The van der Waals surface area contributed by atoms with Crippen LogP contribution in [0.2, 0.25) is 5.02 Å². The molecule has 1 unspecified atom stereocenters. The maximum absolute atomic E-state index is 13.6. The van der Waals surface area contributed by atoms with Gasteiger partial charge in [0.05, 0.1) is 10.9 Å². The molecule has 4 rings (SSSR count). The van der Waals surface area contributed by atoms with E-state index >= 15 is 0 Å². The molecule has 1 aromatic carbocycles. The molecule has 0 N–H and O–H groups in total. The van der Waals surface area contributed by atoms with Crippen LogP contribution in [0, 0.1) is 6.92 Å². The van der Waals surface area contributed by atoms with Gasteiger partial charge in [-0.15, -0.1) is 22.7 Å². The van der Waals surface area contributed by atoms with Gasteiger partial charge in [0.25, 0.3) is 5.91 Å². The monoisotopic (exact) mass is 516 g/mol. The number of carbonyl (C=O) groups is 2. The van der Waals surface area contributed by atoms with Gasteiger partial charge in [-0.05, 0) is 86.3 Å². The fourth-order valence-corrected chi connectivity index (χ4v) is 5.85. The van der Waals surface area contributed by atoms with Crippen molar-refractivity contribution in [2.75, 3.05) is 19.7 Å². The Morgan fingerprint density at radius 2 is 1.97 bits per heavy atom. The van der Waals surface area contributed by atoms with Crippen LogP contribution in [-0.4, -0.2) is 46.8 Å². The zero-order chi connectivity index (χ0) is 24.5. The summed E-state index contributed by atoms with van der Waals surface area (Å²) in [4.78, 5) is 32.3. The lowest BCUT2D eigenvalue weighted by molar-refractivity contribution is -0.136. The van der Waals surface area contributed by atoms with Gasteiger partial charge >= 0.3 is 0 Å². The Kier molecular flexibility index (Phi) is 7.36. The summed E-state index contributed by atoms with van der Waals surface area (Å²) < 4.78 is 6.14. The van der Waals surface area contributed by atoms with Crippen LogP contribution in [0.5, 0.6) is 5.75 Å². The molecule has 0 aliphatic carbocycles. The van der Waals surface area contributed by atoms with Crippen molar-refractivity contribution in [3.8, 4) is 5.75 Å². The van der Waals surface area contributed by atoms with Crippen LogP contribution in [0.4, 0.5) is 0 Å². The summed E-state index contributed by atoms with van der Waals surface area (Å²) in [5, 5.41) is 4.64. The van der Waals surface area contributed by atoms with Crippen molar-refractivity contribution in [1.29, 1.82) is 0 Å². The normalized spacial score (nSPS) is 15.7. The van der Waals surface area contributed by atoms with Gasteiger partial charge in [-0.3, -0.25) is 9.59 Å². The third-order valence-electron chi connectivity index (χ3n) is 6.03. The molecule has 1 aliphatic heterocycles. The summed E-state index contributed by atoms with van der Waals surface area (Å²) in [5.74, 6) is 0.534. The summed E-state index contributed by atoms with van der Waals surface area (Å²) in [6.07, 6.45) is 0.809. The first-order chi connectivity index (χ1) is 16.1. The molecule has 2 amide bonds. The summed E-state index contributed by atoms with van der Waals surface area (Å²) >= 11 is 9.27. The highest BCUT2D eigenvalue weighted by Gasteiger charge is 2.36. The summed E-state index contributed by atoms with van der Waals surface area (Å²) in [5.41, 5.74) is 1.58. The lowest BCUT2D eigenvalue weighted by Gasteiger charge is -2.40. The van der Waals surface area contributed by atoms with E-state index in [9.17, 15) is 9.59 Å². The fourth-order valence-electron chi connectivity index (χ4n) is 4.13. The minimum atomic E-state index is -0.493. The standard InChI is InChI=1S/C26H29ClN2O3S2/c1-17-14-18(7-8-20(17)27)32-16-21-19-10-13-34-22(19)9-11-28(21)24(30)15-29(26(2,3)4)25(31)23-6-5-12-33-23/h5-8,10,12-14,21H,9,11,15-16H2,1-4H3. The number of thiophene rings is 2. The van der Waals surface area contributed by atoms with E-state index in [2.05, 4.69) is 11.4 Å². The van der Waals surface area contributed by atoms with E-state index < -0.39 is 5.54 Å². The van der Waals surface area contributed by atoms with Gasteiger partial charge in [0.1, 0.15) is 18.9 Å². The fraction of sp³-hybridized carbons (Fsp3) is 0.385. The van der Waals surface area contributed by atoms with Crippen LogP contribution >= 0.6 is 34.3 Å². The molecule has 1 atom stereocenters. The first-order valence-corrected chi connectivity index (χ1v) is 13.4. The van der Waals surface area contributed by atoms with Crippen molar-refractivity contribution >= 4 is 46.1 Å². The van der Waals surface area contributed by atoms with Gasteiger partial charge in [0.2, 0.25) is 5.91 Å². The molecule has 1 aliphatic rings. The van der Waals surface area contributed by atoms with E-state index in [1.54, 1.807) is 22.3 Å². The smallest absolute Gasteiger partial charge is 0.264 e. The number of hydrogen-bond donors (Lipinski definition) is 0. The molecule has 3 aromatic rings. The van der Waals surface area contributed by atoms with Gasteiger partial charge in [-0.1, -0.05) is 17.7 Å². The molecule has 2 aromatic heterocycles. The molecule has 5 nitrogen and oxygen atoms in total. The number of amides is 2. The molecular formula is C26H29ClN2O3S2. The van der Waals surface area contributed by atoms with Crippen LogP contribution in [0.1, 0.15) is 52.5 Å². The van der Waals surface area contributed by atoms with Crippen LogP contribution < -0.4 is 4.74 Å². The summed E-state index contributed by atoms with van der Waals surface area (Å²) in [6, 6.07) is 11.1. The van der Waals surface area contributed by atoms with E-state index in [1.165, 1.54) is 16.2 Å². The molecule has 8 heteroatoms. The third kappa shape index (κ3) is 5.32. The van der Waals surface area contributed by atoms with Crippen LogP contribution in [0.3, 0.4) is 0 Å². The van der Waals surface area contributed by atoms with Crippen molar-refractivity contribution in [3.05, 3.63) is 73.1 Å². The van der Waals surface area contributed by atoms with E-state index in [4.69, 9.17) is 16.3 Å². The van der Waals surface area contributed by atoms with Crippen molar-refractivity contribution in [3.63, 3.8) is 0 Å². The van der Waals surface area contributed by atoms with Gasteiger partial charge < -0.3 is 14.5 Å². The zero-order valence-corrected chi connectivity index (χ0v) is 22.2. The predicted octanol–water partition coefficient (Wildman–Crippen LogP) is 6.22. The number of benzene rings is 1. The first-order valence-electron chi connectivity index (χ1n) is 11.3. The van der Waals surface area contributed by atoms with Gasteiger partial charge in [0, 0.05) is 22.0 Å². The Balaban J connectivity index is 1.55. The van der Waals surface area contributed by atoms with Crippen LogP contribution in [0.15, 0.2) is 47.2 Å². The maximum atomic E-state index is 13.6. The van der Waals surface area contributed by atoms with Crippen LogP contribution in [-0.2, 0) is 11.2 Å². The van der Waals surface area contributed by atoms with Crippen molar-refractivity contribution in [2.24, 2.45) is 0 Å². The average molecular weight is 517 g/mol. The molecule has 0 spiro atoms. The Bertz CT molecular complexity index is 1170. The number of ether oxygens (including phenoxy) is 1. The number of halogens is 1. The summed E-state index contributed by atoms with van der Waals surface area (Å²) in [6.45, 7) is 8.79. The summed E-state index contributed by atoms with van der Waals surface area (Å²) in [7, 11) is 0. The number of hydrogen-bond acceptors (Lipinski definition) is 5. The SMILES string of the molecule is Cc1cc(OCC2c3ccsc3CCN2C(=O)CN(C(=O)c2cccs2)C(C)(C)C)ccc1Cl. The number of fused-ring (bicyclic) bond motifs is 1. The van der Waals surface area contributed by atoms with Gasteiger partial charge in [0.15, 0.2) is 0 Å². The Morgan fingerprint density at radius 3 is 2.65 bits per heavy atom. The largest absolute Gasteiger partial charge is 0.491 e. The quantitative estimate of drug-likeness (QED) is 0.391.